The molecule has 23 heavy (non-hydrogen) atoms. The first-order chi connectivity index (χ1) is 11.1. The molecule has 0 aliphatic heterocycles. The van der Waals surface area contributed by atoms with Gasteiger partial charge < -0.3 is 5.32 Å². The highest BCUT2D eigenvalue weighted by molar-refractivity contribution is 8.00. The number of hydrogen-bond donors (Lipinski definition) is 1. The minimum absolute atomic E-state index is 0.00346. The van der Waals surface area contributed by atoms with E-state index < -0.39 is 0 Å². The number of nitrogens with zero attached hydrogens (tertiary/aromatic N) is 2. The largest absolute Gasteiger partial charge is 0.355 e. The first-order valence-corrected chi connectivity index (χ1v) is 9.04. The smallest absolute Gasteiger partial charge is 0.230 e. The van der Waals surface area contributed by atoms with Crippen LogP contribution in [0.15, 0.2) is 22.7 Å². The minimum Gasteiger partial charge on any atom is -0.355 e. The Labute approximate surface area is 142 Å². The fourth-order valence-electron chi connectivity index (χ4n) is 2.72. The van der Waals surface area contributed by atoms with Crippen LogP contribution in [0.2, 0.25) is 0 Å². The Morgan fingerprint density at radius 3 is 2.96 bits per heavy atom. The monoisotopic (exact) mass is 329 g/mol. The molecule has 1 N–H and O–H groups in total. The lowest BCUT2D eigenvalue weighted by Crippen LogP contribution is -2.26. The van der Waals surface area contributed by atoms with Gasteiger partial charge >= 0.3 is 0 Å². The molecule has 1 aromatic rings. The summed E-state index contributed by atoms with van der Waals surface area (Å²) in [4.78, 5) is 16.3. The van der Waals surface area contributed by atoms with E-state index in [1.165, 1.54) is 43.0 Å². The van der Waals surface area contributed by atoms with Gasteiger partial charge in [0.1, 0.15) is 11.1 Å². The van der Waals surface area contributed by atoms with E-state index >= 15 is 0 Å². The Kier molecular flexibility index (Phi) is 6.66. The first kappa shape index (κ1) is 17.6. The van der Waals surface area contributed by atoms with E-state index in [4.69, 9.17) is 0 Å². The van der Waals surface area contributed by atoms with E-state index in [0.29, 0.717) is 22.9 Å². The standard InChI is InChI=1S/C18H23N3OS/c1-13-10-14(2)21-18(16(13)11-19)23-12-17(22)20-9-8-15-6-4-3-5-7-15/h6,10H,3-5,7-9,12H2,1-2H3,(H,20,22). The Hall–Kier alpha value is -1.80. The lowest BCUT2D eigenvalue weighted by molar-refractivity contribution is -0.118. The summed E-state index contributed by atoms with van der Waals surface area (Å²) in [6, 6.07) is 4.07. The average molecular weight is 329 g/mol. The third-order valence-corrected chi connectivity index (χ3v) is 4.89. The molecule has 0 fully saturated rings. The van der Waals surface area contributed by atoms with Gasteiger partial charge in [-0.15, -0.1) is 0 Å². The highest BCUT2D eigenvalue weighted by atomic mass is 32.2. The Bertz CT molecular complexity index is 646. The van der Waals surface area contributed by atoms with E-state index in [1.807, 2.05) is 19.9 Å². The minimum atomic E-state index is -0.00346. The second-order valence-corrected chi connectivity index (χ2v) is 6.83. The lowest BCUT2D eigenvalue weighted by Gasteiger charge is -2.13. The highest BCUT2D eigenvalue weighted by Crippen LogP contribution is 2.23. The van der Waals surface area contributed by atoms with Gasteiger partial charge in [0.25, 0.3) is 0 Å². The van der Waals surface area contributed by atoms with Crippen molar-refractivity contribution in [3.05, 3.63) is 34.5 Å². The molecule has 0 saturated carbocycles. The van der Waals surface area contributed by atoms with Crippen molar-refractivity contribution in [2.24, 2.45) is 0 Å². The van der Waals surface area contributed by atoms with Crippen LogP contribution in [0, 0.1) is 25.2 Å². The van der Waals surface area contributed by atoms with Crippen molar-refractivity contribution in [1.82, 2.24) is 10.3 Å². The predicted molar refractivity (Wildman–Crippen MR) is 93.3 cm³/mol. The SMILES string of the molecule is Cc1cc(C)c(C#N)c(SCC(=O)NCCC2=CCCCC2)n1. The van der Waals surface area contributed by atoms with Gasteiger partial charge in [-0.3, -0.25) is 4.79 Å². The van der Waals surface area contributed by atoms with Crippen molar-refractivity contribution in [2.75, 3.05) is 12.3 Å². The van der Waals surface area contributed by atoms with Crippen molar-refractivity contribution in [2.45, 2.75) is 51.0 Å². The van der Waals surface area contributed by atoms with Gasteiger partial charge in [-0.05, 0) is 57.6 Å². The molecule has 0 radical (unpaired) electrons. The maximum Gasteiger partial charge on any atom is 0.230 e. The van der Waals surface area contributed by atoms with Gasteiger partial charge in [0.05, 0.1) is 11.3 Å². The molecule has 1 aliphatic rings. The average Bonchev–Trinajstić information content (AvgIpc) is 2.53. The number of aryl methyl sites for hydroxylation is 2. The van der Waals surface area contributed by atoms with Crippen molar-refractivity contribution in [1.29, 1.82) is 5.26 Å². The fourth-order valence-corrected chi connectivity index (χ4v) is 3.65. The summed E-state index contributed by atoms with van der Waals surface area (Å²) < 4.78 is 0. The summed E-state index contributed by atoms with van der Waals surface area (Å²) >= 11 is 1.33. The summed E-state index contributed by atoms with van der Waals surface area (Å²) in [5.74, 6) is 0.292. The quantitative estimate of drug-likeness (QED) is 0.639. The number of hydrogen-bond acceptors (Lipinski definition) is 4. The Balaban J connectivity index is 1.80. The Morgan fingerprint density at radius 1 is 1.43 bits per heavy atom. The molecule has 122 valence electrons. The molecule has 0 bridgehead atoms. The highest BCUT2D eigenvalue weighted by Gasteiger charge is 2.11. The van der Waals surface area contributed by atoms with E-state index in [-0.39, 0.29) is 5.91 Å². The van der Waals surface area contributed by atoms with E-state index in [2.05, 4.69) is 22.4 Å². The third-order valence-electron chi connectivity index (χ3n) is 3.92. The van der Waals surface area contributed by atoms with Crippen LogP contribution in [0.1, 0.15) is 48.9 Å². The molecule has 0 atom stereocenters. The number of rotatable bonds is 6. The molecule has 1 aromatic heterocycles. The summed E-state index contributed by atoms with van der Waals surface area (Å²) in [5.41, 5.74) is 3.81. The summed E-state index contributed by atoms with van der Waals surface area (Å²) in [6.45, 7) is 4.49. The van der Waals surface area contributed by atoms with Crippen molar-refractivity contribution < 1.29 is 4.79 Å². The number of amides is 1. The topological polar surface area (TPSA) is 65.8 Å². The number of pyridine rings is 1. The molecule has 0 saturated heterocycles. The predicted octanol–water partition coefficient (Wildman–Crippen LogP) is 3.67. The number of nitriles is 1. The van der Waals surface area contributed by atoms with Gasteiger partial charge in [-0.2, -0.15) is 5.26 Å². The van der Waals surface area contributed by atoms with Crippen LogP contribution < -0.4 is 5.32 Å². The lowest BCUT2D eigenvalue weighted by atomic mass is 9.97. The number of nitrogens with one attached hydrogen (secondary N) is 1. The van der Waals surface area contributed by atoms with Gasteiger partial charge in [0.15, 0.2) is 0 Å². The van der Waals surface area contributed by atoms with Gasteiger partial charge in [-0.1, -0.05) is 23.4 Å². The molecule has 0 spiro atoms. The molecule has 1 amide bonds. The second kappa shape index (κ2) is 8.73. The normalized spacial score (nSPS) is 14.0. The third kappa shape index (κ3) is 5.40. The zero-order valence-electron chi connectivity index (χ0n) is 13.8. The molecule has 1 heterocycles. The zero-order valence-corrected chi connectivity index (χ0v) is 14.6. The molecular formula is C18H23N3OS. The van der Waals surface area contributed by atoms with Gasteiger partial charge in [-0.25, -0.2) is 4.98 Å². The summed E-state index contributed by atoms with van der Waals surface area (Å²) in [6.07, 6.45) is 8.16. The van der Waals surface area contributed by atoms with E-state index in [1.54, 1.807) is 0 Å². The van der Waals surface area contributed by atoms with Crippen LogP contribution in [-0.4, -0.2) is 23.2 Å². The molecule has 1 aliphatic carbocycles. The van der Waals surface area contributed by atoms with Crippen LogP contribution in [0.25, 0.3) is 0 Å². The maximum atomic E-state index is 12.0. The van der Waals surface area contributed by atoms with Crippen molar-refractivity contribution in [3.63, 3.8) is 0 Å². The zero-order chi connectivity index (χ0) is 16.7. The first-order valence-electron chi connectivity index (χ1n) is 8.06. The van der Waals surface area contributed by atoms with Crippen LogP contribution in [0.5, 0.6) is 0 Å². The van der Waals surface area contributed by atoms with Gasteiger partial charge in [0, 0.05) is 12.2 Å². The molecule has 4 nitrogen and oxygen atoms in total. The van der Waals surface area contributed by atoms with Gasteiger partial charge in [0.2, 0.25) is 5.91 Å². The summed E-state index contributed by atoms with van der Waals surface area (Å²) in [7, 11) is 0. The molecule has 0 aromatic carbocycles. The van der Waals surface area contributed by atoms with Crippen LogP contribution >= 0.6 is 11.8 Å². The molecule has 5 heteroatoms. The number of carbonyl (C=O) groups is 1. The number of thioether (sulfide) groups is 1. The molecule has 0 unspecified atom stereocenters. The molecular weight excluding hydrogens is 306 g/mol. The number of aromatic nitrogens is 1. The van der Waals surface area contributed by atoms with Crippen molar-refractivity contribution >= 4 is 17.7 Å². The van der Waals surface area contributed by atoms with Crippen LogP contribution in [0.4, 0.5) is 0 Å². The molecule has 2 rings (SSSR count). The number of allylic oxidation sites excluding steroid dienone is 1. The number of carbonyl (C=O) groups excluding carboxylic acids is 1. The van der Waals surface area contributed by atoms with Crippen molar-refractivity contribution in [3.8, 4) is 6.07 Å². The second-order valence-electron chi connectivity index (χ2n) is 5.87. The van der Waals surface area contributed by atoms with E-state index in [0.717, 1.165) is 17.7 Å². The fraction of sp³-hybridized carbons (Fsp3) is 0.500. The Morgan fingerprint density at radius 2 is 2.26 bits per heavy atom. The van der Waals surface area contributed by atoms with Crippen LogP contribution in [0.3, 0.4) is 0 Å². The van der Waals surface area contributed by atoms with E-state index in [9.17, 15) is 10.1 Å². The maximum absolute atomic E-state index is 12.0. The van der Waals surface area contributed by atoms with Crippen LogP contribution in [-0.2, 0) is 4.79 Å². The summed E-state index contributed by atoms with van der Waals surface area (Å²) in [5, 5.41) is 12.8.